The lowest BCUT2D eigenvalue weighted by Crippen LogP contribution is -2.34. The third-order valence-electron chi connectivity index (χ3n) is 7.02. The summed E-state index contributed by atoms with van der Waals surface area (Å²) in [7, 11) is 1.99. The number of aromatic nitrogens is 2. The van der Waals surface area contributed by atoms with Crippen LogP contribution < -0.4 is 10.6 Å². The predicted octanol–water partition coefficient (Wildman–Crippen LogP) is 5.74. The van der Waals surface area contributed by atoms with Gasteiger partial charge in [-0.15, -0.1) is 0 Å². The van der Waals surface area contributed by atoms with Gasteiger partial charge in [0.25, 0.3) is 0 Å². The number of benzene rings is 3. The molecular weight excluding hydrogens is 536 g/mol. The summed E-state index contributed by atoms with van der Waals surface area (Å²) >= 11 is 1.68. The number of aliphatic hydroxyl groups excluding tert-OH is 1. The van der Waals surface area contributed by atoms with Gasteiger partial charge in [0.15, 0.2) is 11.4 Å². The molecule has 0 aliphatic carbocycles. The van der Waals surface area contributed by atoms with Crippen molar-refractivity contribution in [3.63, 3.8) is 0 Å². The summed E-state index contributed by atoms with van der Waals surface area (Å²) in [6, 6.07) is 24.2. The van der Waals surface area contributed by atoms with Crippen molar-refractivity contribution in [1.82, 2.24) is 20.2 Å². The summed E-state index contributed by atoms with van der Waals surface area (Å²) in [6.45, 7) is 2.96. The zero-order valence-electron chi connectivity index (χ0n) is 23.3. The molecule has 1 aromatic heterocycles. The van der Waals surface area contributed by atoms with Crippen LogP contribution in [0.4, 0.5) is 4.79 Å². The van der Waals surface area contributed by atoms with Gasteiger partial charge in [0.05, 0.1) is 18.8 Å². The number of thioether (sulfide) groups is 1. The van der Waals surface area contributed by atoms with Crippen LogP contribution in [0, 0.1) is 0 Å². The Morgan fingerprint density at radius 3 is 2.49 bits per heavy atom. The number of urea groups is 1. The maximum absolute atomic E-state index is 11.8. The fraction of sp³-hybridized carbons (Fsp3) is 0.312. The zero-order chi connectivity index (χ0) is 28.6. The molecule has 1 aliphatic heterocycles. The number of ether oxygens (including phenoxy) is 2. The average molecular weight is 573 g/mol. The second kappa shape index (κ2) is 13.8. The number of imidazole rings is 1. The van der Waals surface area contributed by atoms with E-state index in [1.54, 1.807) is 18.0 Å². The van der Waals surface area contributed by atoms with Gasteiger partial charge < -0.3 is 29.8 Å². The maximum Gasteiger partial charge on any atom is 0.315 e. The standard InChI is InChI=1S/C32H36N4O4S/c1-3-33-31(38)35-19-23-5-4-6-27(17-23)24-11-13-26(14-12-24)30-39-28(21-41-32-34-15-16-36(32)2)18-29(40-30)25-9-7-22(20-37)8-10-25/h4-17,28-30,37H,3,18-21H2,1-2H3,(H2,33,35,38). The van der Waals surface area contributed by atoms with E-state index in [0.29, 0.717) is 13.1 Å². The van der Waals surface area contributed by atoms with Crippen LogP contribution in [-0.2, 0) is 29.7 Å². The Morgan fingerprint density at radius 2 is 1.78 bits per heavy atom. The Balaban J connectivity index is 1.31. The minimum atomic E-state index is -0.514. The number of aryl methyl sites for hydroxylation is 1. The molecule has 0 bridgehead atoms. The molecule has 9 heteroatoms. The number of nitrogens with one attached hydrogen (secondary N) is 2. The van der Waals surface area contributed by atoms with Crippen molar-refractivity contribution in [1.29, 1.82) is 0 Å². The summed E-state index contributed by atoms with van der Waals surface area (Å²) in [5, 5.41) is 16.0. The fourth-order valence-corrected chi connectivity index (χ4v) is 5.73. The van der Waals surface area contributed by atoms with Gasteiger partial charge in [-0.05, 0) is 40.8 Å². The number of carbonyl (C=O) groups excluding carboxylic acids is 1. The van der Waals surface area contributed by atoms with Crippen LogP contribution in [0.25, 0.3) is 11.1 Å². The van der Waals surface area contributed by atoms with Crippen LogP contribution in [0.5, 0.6) is 0 Å². The van der Waals surface area contributed by atoms with Crippen molar-refractivity contribution in [3.05, 3.63) is 107 Å². The zero-order valence-corrected chi connectivity index (χ0v) is 24.1. The van der Waals surface area contributed by atoms with E-state index in [1.165, 1.54) is 0 Å². The van der Waals surface area contributed by atoms with E-state index in [9.17, 15) is 9.90 Å². The van der Waals surface area contributed by atoms with Crippen LogP contribution >= 0.6 is 11.8 Å². The van der Waals surface area contributed by atoms with Gasteiger partial charge in [-0.2, -0.15) is 0 Å². The van der Waals surface area contributed by atoms with Gasteiger partial charge in [0.1, 0.15) is 0 Å². The van der Waals surface area contributed by atoms with Crippen LogP contribution in [0.2, 0.25) is 0 Å². The van der Waals surface area contributed by atoms with Crippen molar-refractivity contribution in [2.45, 2.75) is 50.2 Å². The number of hydrogen-bond acceptors (Lipinski definition) is 6. The molecule has 2 amide bonds. The highest BCUT2D eigenvalue weighted by molar-refractivity contribution is 7.99. The number of carbonyl (C=O) groups is 1. The van der Waals surface area contributed by atoms with Crippen LogP contribution in [0.1, 0.15) is 48.0 Å². The van der Waals surface area contributed by atoms with Crippen LogP contribution in [-0.4, -0.2) is 39.1 Å². The molecule has 3 N–H and O–H groups in total. The van der Waals surface area contributed by atoms with Crippen LogP contribution in [0.15, 0.2) is 90.3 Å². The smallest absolute Gasteiger partial charge is 0.315 e. The van der Waals surface area contributed by atoms with Gasteiger partial charge in [0, 0.05) is 50.3 Å². The fourth-order valence-electron chi connectivity index (χ4n) is 4.78. The number of rotatable bonds is 10. The molecule has 0 radical (unpaired) electrons. The van der Waals surface area contributed by atoms with Crippen molar-refractivity contribution in [3.8, 4) is 11.1 Å². The number of nitrogens with zero attached hydrogens (tertiary/aromatic N) is 2. The highest BCUT2D eigenvalue weighted by Crippen LogP contribution is 2.39. The predicted molar refractivity (Wildman–Crippen MR) is 160 cm³/mol. The van der Waals surface area contributed by atoms with E-state index in [1.807, 2.05) is 61.1 Å². The minimum absolute atomic E-state index is 0.0143. The van der Waals surface area contributed by atoms with Gasteiger partial charge in [-0.25, -0.2) is 9.78 Å². The first-order valence-electron chi connectivity index (χ1n) is 13.8. The molecule has 0 spiro atoms. The summed E-state index contributed by atoms with van der Waals surface area (Å²) in [6.07, 6.45) is 3.78. The summed E-state index contributed by atoms with van der Waals surface area (Å²) in [5.41, 5.74) is 6.06. The Morgan fingerprint density at radius 1 is 1.00 bits per heavy atom. The quantitative estimate of drug-likeness (QED) is 0.210. The van der Waals surface area contributed by atoms with E-state index in [-0.39, 0.29) is 24.8 Å². The Labute approximate surface area is 245 Å². The Hall–Kier alpha value is -3.63. The lowest BCUT2D eigenvalue weighted by atomic mass is 9.99. The Kier molecular flexibility index (Phi) is 9.74. The van der Waals surface area contributed by atoms with E-state index in [2.05, 4.69) is 52.0 Å². The lowest BCUT2D eigenvalue weighted by Gasteiger charge is -2.36. The van der Waals surface area contributed by atoms with Crippen molar-refractivity contribution >= 4 is 17.8 Å². The van der Waals surface area contributed by atoms with Gasteiger partial charge in [-0.3, -0.25) is 0 Å². The molecule has 5 rings (SSSR count). The molecule has 2 heterocycles. The highest BCUT2D eigenvalue weighted by atomic mass is 32.2. The Bertz CT molecular complexity index is 1420. The molecule has 3 unspecified atom stereocenters. The third-order valence-corrected chi connectivity index (χ3v) is 8.21. The van der Waals surface area contributed by atoms with E-state index >= 15 is 0 Å². The molecule has 3 atom stereocenters. The molecule has 4 aromatic rings. The minimum Gasteiger partial charge on any atom is -0.392 e. The van der Waals surface area contributed by atoms with E-state index < -0.39 is 6.29 Å². The van der Waals surface area contributed by atoms with Crippen molar-refractivity contribution < 1.29 is 19.4 Å². The van der Waals surface area contributed by atoms with E-state index in [4.69, 9.17) is 9.47 Å². The highest BCUT2D eigenvalue weighted by Gasteiger charge is 2.32. The molecule has 1 saturated heterocycles. The van der Waals surface area contributed by atoms with Crippen molar-refractivity contribution in [2.75, 3.05) is 12.3 Å². The van der Waals surface area contributed by atoms with Gasteiger partial charge >= 0.3 is 6.03 Å². The summed E-state index contributed by atoms with van der Waals surface area (Å²) in [4.78, 5) is 16.2. The second-order valence-corrected chi connectivity index (χ2v) is 11.0. The molecule has 1 fully saturated rings. The average Bonchev–Trinajstić information content (AvgIpc) is 3.43. The van der Waals surface area contributed by atoms with Gasteiger partial charge in [0.2, 0.25) is 0 Å². The van der Waals surface area contributed by atoms with Crippen LogP contribution in [0.3, 0.4) is 0 Å². The number of amides is 2. The SMILES string of the molecule is CCNC(=O)NCc1cccc(-c2ccc(C3OC(CSc4nccn4C)CC(c4ccc(CO)cc4)O3)cc2)c1. The molecule has 3 aromatic carbocycles. The maximum atomic E-state index is 11.8. The lowest BCUT2D eigenvalue weighted by molar-refractivity contribution is -0.245. The summed E-state index contributed by atoms with van der Waals surface area (Å²) < 4.78 is 15.0. The topological polar surface area (TPSA) is 97.6 Å². The molecule has 41 heavy (non-hydrogen) atoms. The number of aliphatic hydroxyl groups is 1. The molecule has 1 aliphatic rings. The molecule has 8 nitrogen and oxygen atoms in total. The summed E-state index contributed by atoms with van der Waals surface area (Å²) in [5.74, 6) is 0.755. The first-order chi connectivity index (χ1) is 20.0. The normalized spacial score (nSPS) is 18.7. The van der Waals surface area contributed by atoms with Crippen molar-refractivity contribution in [2.24, 2.45) is 7.05 Å². The first-order valence-corrected chi connectivity index (χ1v) is 14.8. The largest absolute Gasteiger partial charge is 0.392 e. The van der Waals surface area contributed by atoms with Gasteiger partial charge in [-0.1, -0.05) is 78.5 Å². The molecule has 0 saturated carbocycles. The molecular formula is C32H36N4O4S. The third kappa shape index (κ3) is 7.56. The monoisotopic (exact) mass is 572 g/mol. The van der Waals surface area contributed by atoms with E-state index in [0.717, 1.165) is 50.7 Å². The number of hydrogen-bond donors (Lipinski definition) is 3. The second-order valence-electron chi connectivity index (χ2n) is 10.0. The first kappa shape index (κ1) is 28.9. The molecule has 214 valence electrons.